The lowest BCUT2D eigenvalue weighted by Crippen LogP contribution is -2.57. The van der Waals surface area contributed by atoms with E-state index in [0.717, 1.165) is 17.8 Å². The van der Waals surface area contributed by atoms with Crippen LogP contribution in [0.1, 0.15) is 25.3 Å². The van der Waals surface area contributed by atoms with E-state index in [4.69, 9.17) is 15.2 Å². The van der Waals surface area contributed by atoms with Gasteiger partial charge in [0.15, 0.2) is 0 Å². The maximum atomic E-state index is 15.4. The zero-order chi connectivity index (χ0) is 32.6. The van der Waals surface area contributed by atoms with Gasteiger partial charge >= 0.3 is 0 Å². The van der Waals surface area contributed by atoms with Crippen LogP contribution in [0.2, 0.25) is 0 Å². The van der Waals surface area contributed by atoms with E-state index in [1.54, 1.807) is 24.7 Å². The number of benzene rings is 1. The molecule has 0 amide bonds. The second kappa shape index (κ2) is 12.8. The summed E-state index contributed by atoms with van der Waals surface area (Å²) in [5.74, 6) is -1.43. The first-order chi connectivity index (χ1) is 21.9. The standard InChI is InChI=1S/C31H37F2N7O5S/c1-19-17-39(18-24(34)29(19)45-11-12-46(2,42)43)27-5-8-35-16-26(27)37-30-36-15-21-3-4-25(38-40(21)30)28-22(32)13-20(14-23(28)33)31(41)6-9-44-10-7-31/h3-5,8,13-16,19,24,29,41H,6-7,9-12,17-18,34H2,1-2H3,(H,36,37). The quantitative estimate of drug-likeness (QED) is 0.243. The van der Waals surface area contributed by atoms with Gasteiger partial charge in [-0.3, -0.25) is 4.98 Å². The Bertz CT molecular complexity index is 1800. The summed E-state index contributed by atoms with van der Waals surface area (Å²) < 4.78 is 66.6. The van der Waals surface area contributed by atoms with Crippen molar-refractivity contribution in [2.45, 2.75) is 37.5 Å². The lowest BCUT2D eigenvalue weighted by molar-refractivity contribution is -0.0682. The summed E-state index contributed by atoms with van der Waals surface area (Å²) in [6, 6.07) is 6.99. The zero-order valence-electron chi connectivity index (χ0n) is 25.6. The van der Waals surface area contributed by atoms with Crippen LogP contribution in [0.5, 0.6) is 0 Å². The molecule has 246 valence electrons. The number of hydrogen-bond donors (Lipinski definition) is 3. The number of nitrogens with zero attached hydrogens (tertiary/aromatic N) is 5. The Kier molecular flexibility index (Phi) is 8.95. The molecule has 3 atom stereocenters. The van der Waals surface area contributed by atoms with Crippen molar-refractivity contribution in [2.75, 3.05) is 55.1 Å². The minimum atomic E-state index is -3.15. The van der Waals surface area contributed by atoms with E-state index in [-0.39, 0.29) is 60.1 Å². The molecule has 0 bridgehead atoms. The van der Waals surface area contributed by atoms with Crippen LogP contribution in [0.25, 0.3) is 16.8 Å². The van der Waals surface area contributed by atoms with Gasteiger partial charge in [0.1, 0.15) is 21.5 Å². The van der Waals surface area contributed by atoms with Gasteiger partial charge in [0.05, 0.1) is 64.6 Å². The number of ether oxygens (including phenoxy) is 2. The Hall–Kier alpha value is -3.76. The number of piperidine rings is 1. The third-order valence-electron chi connectivity index (χ3n) is 8.61. The SMILES string of the molecule is CC1CN(c2ccncc2Nc2ncc3ccc(-c4c(F)cc(C5(O)CCOCC5)cc4F)nn23)CC(N)C1OCCS(C)(=O)=O. The lowest BCUT2D eigenvalue weighted by Gasteiger charge is -2.42. The van der Waals surface area contributed by atoms with Crippen molar-refractivity contribution in [2.24, 2.45) is 11.7 Å². The molecule has 0 spiro atoms. The Morgan fingerprint density at radius 2 is 1.89 bits per heavy atom. The van der Waals surface area contributed by atoms with Crippen molar-refractivity contribution >= 4 is 32.7 Å². The minimum Gasteiger partial charge on any atom is -0.385 e. The van der Waals surface area contributed by atoms with Crippen molar-refractivity contribution in [1.82, 2.24) is 19.6 Å². The van der Waals surface area contributed by atoms with Crippen LogP contribution in [0, 0.1) is 17.6 Å². The predicted molar refractivity (Wildman–Crippen MR) is 169 cm³/mol. The van der Waals surface area contributed by atoms with Gasteiger partial charge in [0.25, 0.3) is 0 Å². The highest BCUT2D eigenvalue weighted by Crippen LogP contribution is 2.36. The highest BCUT2D eigenvalue weighted by molar-refractivity contribution is 7.90. The van der Waals surface area contributed by atoms with Crippen LogP contribution < -0.4 is 16.0 Å². The molecule has 3 unspecified atom stereocenters. The van der Waals surface area contributed by atoms with Crippen LogP contribution >= 0.6 is 0 Å². The second-order valence-electron chi connectivity index (χ2n) is 12.1. The monoisotopic (exact) mass is 657 g/mol. The third kappa shape index (κ3) is 6.69. The zero-order valence-corrected chi connectivity index (χ0v) is 26.4. The molecule has 2 aliphatic heterocycles. The van der Waals surface area contributed by atoms with E-state index >= 15 is 8.78 Å². The van der Waals surface area contributed by atoms with E-state index in [1.807, 2.05) is 13.0 Å². The van der Waals surface area contributed by atoms with Gasteiger partial charge in [-0.15, -0.1) is 0 Å². The molecule has 1 aromatic carbocycles. The normalized spacial score (nSPS) is 21.9. The average molecular weight is 658 g/mol. The number of pyridine rings is 1. The fourth-order valence-electron chi connectivity index (χ4n) is 6.19. The summed E-state index contributed by atoms with van der Waals surface area (Å²) in [5, 5.41) is 18.8. The molecular weight excluding hydrogens is 620 g/mol. The molecule has 4 aromatic rings. The average Bonchev–Trinajstić information content (AvgIpc) is 3.40. The van der Waals surface area contributed by atoms with E-state index in [2.05, 4.69) is 25.3 Å². The summed E-state index contributed by atoms with van der Waals surface area (Å²) >= 11 is 0. The van der Waals surface area contributed by atoms with Crippen LogP contribution in [0.4, 0.5) is 26.1 Å². The Balaban J connectivity index is 1.24. The van der Waals surface area contributed by atoms with E-state index < -0.39 is 27.1 Å². The molecular formula is C31H37F2N7O5S. The molecule has 6 rings (SSSR count). The first-order valence-corrected chi connectivity index (χ1v) is 17.1. The summed E-state index contributed by atoms with van der Waals surface area (Å²) in [6.07, 6.45) is 6.26. The first kappa shape index (κ1) is 32.2. The molecule has 46 heavy (non-hydrogen) atoms. The molecule has 2 fully saturated rings. The highest BCUT2D eigenvalue weighted by atomic mass is 32.2. The molecule has 4 N–H and O–H groups in total. The number of nitrogens with one attached hydrogen (secondary N) is 1. The van der Waals surface area contributed by atoms with E-state index in [0.29, 0.717) is 43.5 Å². The largest absolute Gasteiger partial charge is 0.385 e. The number of rotatable bonds is 9. The molecule has 15 heteroatoms. The van der Waals surface area contributed by atoms with Gasteiger partial charge in [0, 0.05) is 63.6 Å². The van der Waals surface area contributed by atoms with Crippen molar-refractivity contribution < 1.29 is 31.8 Å². The third-order valence-corrected chi connectivity index (χ3v) is 9.52. The number of aliphatic hydroxyl groups is 1. The molecule has 12 nitrogen and oxygen atoms in total. The summed E-state index contributed by atoms with van der Waals surface area (Å²) in [4.78, 5) is 10.8. The molecule has 3 aromatic heterocycles. The maximum Gasteiger partial charge on any atom is 0.229 e. The van der Waals surface area contributed by atoms with Crippen LogP contribution in [0.3, 0.4) is 0 Å². The Labute approximate surface area is 265 Å². The predicted octanol–water partition coefficient (Wildman–Crippen LogP) is 3.02. The number of anilines is 3. The maximum absolute atomic E-state index is 15.4. The lowest BCUT2D eigenvalue weighted by atomic mass is 9.85. The van der Waals surface area contributed by atoms with Crippen molar-refractivity contribution in [3.05, 3.63) is 66.1 Å². The smallest absolute Gasteiger partial charge is 0.229 e. The molecule has 0 aliphatic carbocycles. The van der Waals surface area contributed by atoms with Crippen LogP contribution in [-0.2, 0) is 24.9 Å². The summed E-state index contributed by atoms with van der Waals surface area (Å²) in [5.41, 5.74) is 7.06. The molecule has 5 heterocycles. The van der Waals surface area contributed by atoms with Gasteiger partial charge < -0.3 is 30.5 Å². The van der Waals surface area contributed by atoms with Gasteiger partial charge in [-0.05, 0) is 35.9 Å². The first-order valence-electron chi connectivity index (χ1n) is 15.1. The molecule has 2 saturated heterocycles. The van der Waals surface area contributed by atoms with Gasteiger partial charge in [0.2, 0.25) is 5.95 Å². The Morgan fingerprint density at radius 3 is 2.59 bits per heavy atom. The fraction of sp³-hybridized carbons (Fsp3) is 0.452. The van der Waals surface area contributed by atoms with Gasteiger partial charge in [-0.25, -0.2) is 22.2 Å². The van der Waals surface area contributed by atoms with Gasteiger partial charge in [-0.1, -0.05) is 6.92 Å². The molecule has 0 saturated carbocycles. The Morgan fingerprint density at radius 1 is 1.15 bits per heavy atom. The number of hydrogen-bond acceptors (Lipinski definition) is 11. The van der Waals surface area contributed by atoms with Gasteiger partial charge in [-0.2, -0.15) is 9.61 Å². The molecule has 0 radical (unpaired) electrons. The number of aromatic nitrogens is 4. The number of halogens is 2. The van der Waals surface area contributed by atoms with E-state index in [9.17, 15) is 13.5 Å². The molecule has 2 aliphatic rings. The number of fused-ring (bicyclic) bond motifs is 1. The summed E-state index contributed by atoms with van der Waals surface area (Å²) in [6.45, 7) is 3.75. The second-order valence-corrected chi connectivity index (χ2v) is 14.4. The number of imidazole rings is 1. The fourth-order valence-corrected chi connectivity index (χ4v) is 6.59. The van der Waals surface area contributed by atoms with Crippen molar-refractivity contribution in [1.29, 1.82) is 0 Å². The number of nitrogens with two attached hydrogens (primary N) is 1. The summed E-state index contributed by atoms with van der Waals surface area (Å²) in [7, 11) is -3.15. The van der Waals surface area contributed by atoms with Crippen LogP contribution in [0.15, 0.2) is 48.9 Å². The van der Waals surface area contributed by atoms with Crippen LogP contribution in [-0.4, -0.2) is 90.2 Å². The van der Waals surface area contributed by atoms with Crippen molar-refractivity contribution in [3.63, 3.8) is 0 Å². The van der Waals surface area contributed by atoms with Crippen molar-refractivity contribution in [3.8, 4) is 11.3 Å². The minimum absolute atomic E-state index is 0.00384. The topological polar surface area (TPSA) is 157 Å². The van der Waals surface area contributed by atoms with E-state index in [1.165, 1.54) is 16.8 Å². The number of sulfone groups is 1. The highest BCUT2D eigenvalue weighted by Gasteiger charge is 2.35.